The van der Waals surface area contributed by atoms with Crippen LogP contribution in [0.5, 0.6) is 0 Å². The van der Waals surface area contributed by atoms with E-state index >= 15 is 0 Å². The lowest BCUT2D eigenvalue weighted by Gasteiger charge is -2.03. The van der Waals surface area contributed by atoms with E-state index in [1.54, 1.807) is 6.92 Å². The maximum atomic E-state index is 10.5. The van der Waals surface area contributed by atoms with Crippen molar-refractivity contribution in [3.63, 3.8) is 0 Å². The van der Waals surface area contributed by atoms with E-state index in [9.17, 15) is 9.00 Å². The normalized spacial score (nSPS) is 15.9. The van der Waals surface area contributed by atoms with Crippen molar-refractivity contribution >= 4 is 28.2 Å². The molecule has 0 bridgehead atoms. The fourth-order valence-corrected chi connectivity index (χ4v) is 0.746. The van der Waals surface area contributed by atoms with E-state index in [0.717, 1.165) is 0 Å². The number of halogens is 1. The fourth-order valence-electron chi connectivity index (χ4n) is 0.271. The highest BCUT2D eigenvalue weighted by Gasteiger charge is 2.11. The average Bonchev–Trinajstić information content (AvgIpc) is 1.99. The minimum atomic E-state index is -1.77. The molecule has 6 heteroatoms. The number of hydrogen-bond donors (Lipinski definition) is 0. The summed E-state index contributed by atoms with van der Waals surface area (Å²) in [7, 11) is 1.24. The van der Waals surface area contributed by atoms with Crippen molar-refractivity contribution in [3.05, 3.63) is 0 Å². The second-order valence-electron chi connectivity index (χ2n) is 1.86. The van der Waals surface area contributed by atoms with Gasteiger partial charge < -0.3 is 0 Å². The van der Waals surface area contributed by atoms with Crippen LogP contribution in [0, 0.1) is 5.92 Å². The molecule has 0 aliphatic heterocycles. The van der Waals surface area contributed by atoms with E-state index in [0.29, 0.717) is 0 Å². The van der Waals surface area contributed by atoms with Gasteiger partial charge in [0.1, 0.15) is 0 Å². The van der Waals surface area contributed by atoms with E-state index in [4.69, 9.17) is 11.6 Å². The molecule has 0 N–H and O–H groups in total. The quantitative estimate of drug-likeness (QED) is 0.611. The maximum Gasteiger partial charge on any atom is 0.304 e. The largest absolute Gasteiger partial charge is 0.304 e. The van der Waals surface area contributed by atoms with Gasteiger partial charge in [-0.05, 0) is 11.6 Å². The van der Waals surface area contributed by atoms with Crippen LogP contribution in [0.3, 0.4) is 0 Å². The van der Waals surface area contributed by atoms with Crippen LogP contribution in [0.2, 0.25) is 0 Å². The Morgan fingerprint density at radius 2 is 2.27 bits per heavy atom. The third-order valence-corrected chi connectivity index (χ3v) is 1.91. The summed E-state index contributed by atoms with van der Waals surface area (Å²) in [4.78, 5) is 10.4. The summed E-state index contributed by atoms with van der Waals surface area (Å²) in [6.45, 7) is 1.57. The van der Waals surface area contributed by atoms with E-state index in [1.165, 1.54) is 7.11 Å². The maximum absolute atomic E-state index is 10.5. The zero-order chi connectivity index (χ0) is 8.85. The molecule has 0 aromatic heterocycles. The molecule has 2 atom stereocenters. The molecule has 11 heavy (non-hydrogen) atoms. The van der Waals surface area contributed by atoms with E-state index < -0.39 is 22.5 Å². The lowest BCUT2D eigenvalue weighted by atomic mass is 10.2. The molecular formula is C5H9ClO4S. The standard InChI is InChI=1S/C5H9ClO4S/c1-4(5(6)7)3-10-11(8)9-2/h4H,3H2,1-2H3. The molecule has 0 saturated heterocycles. The van der Waals surface area contributed by atoms with Gasteiger partial charge in [0.05, 0.1) is 19.6 Å². The minimum Gasteiger partial charge on any atom is -0.281 e. The molecule has 0 rings (SSSR count). The summed E-state index contributed by atoms with van der Waals surface area (Å²) >= 11 is 3.32. The number of hydrogen-bond acceptors (Lipinski definition) is 4. The zero-order valence-electron chi connectivity index (χ0n) is 6.20. The highest BCUT2D eigenvalue weighted by molar-refractivity contribution is 7.75. The second kappa shape index (κ2) is 5.65. The van der Waals surface area contributed by atoms with Crippen molar-refractivity contribution < 1.29 is 17.4 Å². The van der Waals surface area contributed by atoms with Crippen LogP contribution in [0.1, 0.15) is 6.92 Å². The lowest BCUT2D eigenvalue weighted by molar-refractivity contribution is -0.115. The molecule has 0 spiro atoms. The zero-order valence-corrected chi connectivity index (χ0v) is 7.78. The van der Waals surface area contributed by atoms with Crippen molar-refractivity contribution in [3.8, 4) is 0 Å². The van der Waals surface area contributed by atoms with Crippen LogP contribution >= 0.6 is 11.6 Å². The van der Waals surface area contributed by atoms with Gasteiger partial charge in [0.25, 0.3) is 0 Å². The molecule has 0 saturated carbocycles. The van der Waals surface area contributed by atoms with Crippen molar-refractivity contribution in [1.29, 1.82) is 0 Å². The molecule has 2 unspecified atom stereocenters. The van der Waals surface area contributed by atoms with Crippen molar-refractivity contribution in [2.75, 3.05) is 13.7 Å². The van der Waals surface area contributed by atoms with Gasteiger partial charge in [0, 0.05) is 0 Å². The smallest absolute Gasteiger partial charge is 0.281 e. The topological polar surface area (TPSA) is 52.6 Å². The second-order valence-corrected chi connectivity index (χ2v) is 3.21. The molecule has 0 fully saturated rings. The highest BCUT2D eigenvalue weighted by atomic mass is 35.5. The van der Waals surface area contributed by atoms with Crippen LogP contribution in [0.4, 0.5) is 0 Å². The Labute approximate surface area is 72.7 Å². The molecule has 4 nitrogen and oxygen atoms in total. The first kappa shape index (κ1) is 11.0. The third-order valence-electron chi connectivity index (χ3n) is 0.938. The predicted octanol–water partition coefficient (Wildman–Crippen LogP) is 0.630. The van der Waals surface area contributed by atoms with Crippen molar-refractivity contribution in [2.45, 2.75) is 6.92 Å². The molecule has 66 valence electrons. The lowest BCUT2D eigenvalue weighted by Crippen LogP contribution is -2.13. The Morgan fingerprint density at radius 3 is 2.64 bits per heavy atom. The van der Waals surface area contributed by atoms with E-state index in [-0.39, 0.29) is 6.61 Å². The summed E-state index contributed by atoms with van der Waals surface area (Å²) < 4.78 is 19.3. The van der Waals surface area contributed by atoms with Gasteiger partial charge in [-0.3, -0.25) is 13.2 Å². The Hall–Kier alpha value is 0.0300. The molecule has 0 aromatic rings. The molecule has 0 radical (unpaired) electrons. The first-order valence-electron chi connectivity index (χ1n) is 2.86. The number of carbonyl (C=O) groups excluding carboxylic acids is 1. The van der Waals surface area contributed by atoms with Crippen LogP contribution in [-0.4, -0.2) is 23.2 Å². The van der Waals surface area contributed by atoms with Gasteiger partial charge in [0.15, 0.2) is 0 Å². The third kappa shape index (κ3) is 5.32. The number of carbonyl (C=O) groups is 1. The molecular weight excluding hydrogens is 192 g/mol. The van der Waals surface area contributed by atoms with Gasteiger partial charge in [-0.25, -0.2) is 0 Å². The Balaban J connectivity index is 3.54. The van der Waals surface area contributed by atoms with Gasteiger partial charge in [0.2, 0.25) is 5.24 Å². The Kier molecular flexibility index (Phi) is 5.67. The summed E-state index contributed by atoms with van der Waals surface area (Å²) in [5, 5.41) is -0.516. The average molecular weight is 201 g/mol. The fraction of sp³-hybridized carbons (Fsp3) is 0.800. The van der Waals surface area contributed by atoms with Crippen LogP contribution in [-0.2, 0) is 24.5 Å². The Bertz CT molecular complexity index is 161. The molecule has 0 heterocycles. The van der Waals surface area contributed by atoms with Crippen molar-refractivity contribution in [1.82, 2.24) is 0 Å². The van der Waals surface area contributed by atoms with Crippen molar-refractivity contribution in [2.24, 2.45) is 5.92 Å². The van der Waals surface area contributed by atoms with Gasteiger partial charge >= 0.3 is 11.4 Å². The SMILES string of the molecule is COS(=O)OCC(C)C(=O)Cl. The van der Waals surface area contributed by atoms with Crippen LogP contribution in [0.25, 0.3) is 0 Å². The molecule has 0 aliphatic carbocycles. The minimum absolute atomic E-state index is 0.00276. The molecule has 0 amide bonds. The van der Waals surface area contributed by atoms with Gasteiger partial charge in [-0.1, -0.05) is 6.92 Å². The van der Waals surface area contributed by atoms with Gasteiger partial charge in [-0.15, -0.1) is 0 Å². The van der Waals surface area contributed by atoms with E-state index in [2.05, 4.69) is 8.37 Å². The summed E-state index contributed by atoms with van der Waals surface area (Å²) in [6.07, 6.45) is 0. The van der Waals surface area contributed by atoms with Gasteiger partial charge in [-0.2, -0.15) is 4.21 Å². The summed E-state index contributed by atoms with van der Waals surface area (Å²) in [5.41, 5.74) is 0. The van der Waals surface area contributed by atoms with Crippen LogP contribution < -0.4 is 0 Å². The Morgan fingerprint density at radius 1 is 1.73 bits per heavy atom. The highest BCUT2D eigenvalue weighted by Crippen LogP contribution is 2.02. The molecule has 0 aromatic carbocycles. The molecule has 0 aliphatic rings. The predicted molar refractivity (Wildman–Crippen MR) is 41.1 cm³/mol. The summed E-state index contributed by atoms with van der Waals surface area (Å²) in [5.74, 6) is -0.462. The first-order chi connectivity index (χ1) is 5.07. The summed E-state index contributed by atoms with van der Waals surface area (Å²) in [6, 6.07) is 0. The monoisotopic (exact) mass is 200 g/mol. The van der Waals surface area contributed by atoms with E-state index in [1.807, 2.05) is 0 Å². The number of rotatable bonds is 5. The van der Waals surface area contributed by atoms with Crippen LogP contribution in [0.15, 0.2) is 0 Å². The first-order valence-corrected chi connectivity index (χ1v) is 4.24.